The van der Waals surface area contributed by atoms with E-state index in [0.29, 0.717) is 6.04 Å². The second-order valence-corrected chi connectivity index (χ2v) is 6.84. The Morgan fingerprint density at radius 1 is 1.28 bits per heavy atom. The first-order valence-corrected chi connectivity index (χ1v) is 8.80. The van der Waals surface area contributed by atoms with Crippen LogP contribution < -0.4 is 5.73 Å². The van der Waals surface area contributed by atoms with Crippen molar-refractivity contribution in [3.05, 3.63) is 0 Å². The molecular weight excluding hydrogens is 242 g/mol. The van der Waals surface area contributed by atoms with Crippen LogP contribution in [0, 0.1) is 0 Å². The predicted octanol–water partition coefficient (Wildman–Crippen LogP) is 1.63. The highest BCUT2D eigenvalue weighted by Crippen LogP contribution is 2.29. The fourth-order valence-corrected chi connectivity index (χ4v) is 4.03. The molecule has 0 aromatic carbocycles. The molecule has 0 aromatic rings. The third kappa shape index (κ3) is 3.41. The topological polar surface area (TPSA) is 32.5 Å². The molecule has 2 aliphatic rings. The molecule has 0 aromatic heterocycles. The van der Waals surface area contributed by atoms with Crippen LogP contribution >= 0.6 is 11.8 Å². The minimum Gasteiger partial charge on any atom is -0.329 e. The number of thioether (sulfide) groups is 1. The van der Waals surface area contributed by atoms with Gasteiger partial charge in [0.2, 0.25) is 0 Å². The highest BCUT2D eigenvalue weighted by atomic mass is 32.2. The molecule has 0 radical (unpaired) electrons. The van der Waals surface area contributed by atoms with Gasteiger partial charge in [0, 0.05) is 37.8 Å². The normalized spacial score (nSPS) is 31.5. The SMILES string of the molecule is CSCCCC(CN)N1CCC2CCC(C1)N2C. The quantitative estimate of drug-likeness (QED) is 0.744. The summed E-state index contributed by atoms with van der Waals surface area (Å²) in [5.41, 5.74) is 6.01. The van der Waals surface area contributed by atoms with Crippen molar-refractivity contribution >= 4 is 11.8 Å². The van der Waals surface area contributed by atoms with Gasteiger partial charge in [-0.15, -0.1) is 0 Å². The third-order valence-corrected chi connectivity index (χ3v) is 5.55. The van der Waals surface area contributed by atoms with Gasteiger partial charge in [0.15, 0.2) is 0 Å². The second-order valence-electron chi connectivity index (χ2n) is 5.86. The molecule has 3 nitrogen and oxygen atoms in total. The van der Waals surface area contributed by atoms with E-state index in [-0.39, 0.29) is 0 Å². The van der Waals surface area contributed by atoms with E-state index in [1.54, 1.807) is 0 Å². The summed E-state index contributed by atoms with van der Waals surface area (Å²) in [5, 5.41) is 0. The maximum atomic E-state index is 6.01. The first-order chi connectivity index (χ1) is 8.76. The lowest BCUT2D eigenvalue weighted by Gasteiger charge is -2.32. The summed E-state index contributed by atoms with van der Waals surface area (Å²) in [6.45, 7) is 3.33. The van der Waals surface area contributed by atoms with E-state index >= 15 is 0 Å². The molecule has 2 bridgehead atoms. The van der Waals surface area contributed by atoms with Crippen LogP contribution in [0.15, 0.2) is 0 Å². The van der Waals surface area contributed by atoms with Gasteiger partial charge in [-0.1, -0.05) is 0 Å². The lowest BCUT2D eigenvalue weighted by Crippen LogP contribution is -2.45. The largest absolute Gasteiger partial charge is 0.329 e. The summed E-state index contributed by atoms with van der Waals surface area (Å²) in [5.74, 6) is 1.27. The van der Waals surface area contributed by atoms with Gasteiger partial charge in [-0.25, -0.2) is 0 Å². The average molecular weight is 271 g/mol. The fraction of sp³-hybridized carbons (Fsp3) is 1.00. The summed E-state index contributed by atoms with van der Waals surface area (Å²) < 4.78 is 0. The van der Waals surface area contributed by atoms with Crippen LogP contribution in [0.4, 0.5) is 0 Å². The minimum absolute atomic E-state index is 0.616. The Kier molecular flexibility index (Phi) is 5.80. The molecule has 0 spiro atoms. The lowest BCUT2D eigenvalue weighted by atomic mass is 10.0. The standard InChI is InChI=1S/C14H29N3S/c1-16-12-5-6-14(16)11-17(8-7-12)13(10-15)4-3-9-18-2/h12-14H,3-11,15H2,1-2H3. The Hall–Kier alpha value is 0.230. The first kappa shape index (κ1) is 14.6. The van der Waals surface area contributed by atoms with Crippen LogP contribution in [-0.2, 0) is 0 Å². The van der Waals surface area contributed by atoms with Crippen molar-refractivity contribution in [3.63, 3.8) is 0 Å². The monoisotopic (exact) mass is 271 g/mol. The Morgan fingerprint density at radius 3 is 2.78 bits per heavy atom. The van der Waals surface area contributed by atoms with Crippen molar-refractivity contribution in [1.29, 1.82) is 0 Å². The zero-order valence-corrected chi connectivity index (χ0v) is 12.8. The summed E-state index contributed by atoms with van der Waals surface area (Å²) >= 11 is 1.95. The highest BCUT2D eigenvalue weighted by Gasteiger charge is 2.35. The van der Waals surface area contributed by atoms with Crippen molar-refractivity contribution < 1.29 is 0 Å². The van der Waals surface area contributed by atoms with Gasteiger partial charge >= 0.3 is 0 Å². The van der Waals surface area contributed by atoms with Crippen LogP contribution in [0.5, 0.6) is 0 Å². The van der Waals surface area contributed by atoms with Crippen molar-refractivity contribution in [1.82, 2.24) is 9.80 Å². The molecule has 3 atom stereocenters. The van der Waals surface area contributed by atoms with E-state index in [0.717, 1.165) is 18.6 Å². The molecule has 2 heterocycles. The smallest absolute Gasteiger partial charge is 0.0223 e. The van der Waals surface area contributed by atoms with Gasteiger partial charge in [0.05, 0.1) is 0 Å². The fourth-order valence-electron chi connectivity index (χ4n) is 3.58. The van der Waals surface area contributed by atoms with E-state index in [2.05, 4.69) is 23.1 Å². The number of rotatable bonds is 6. The molecule has 3 unspecified atom stereocenters. The number of nitrogens with two attached hydrogens (primary N) is 1. The minimum atomic E-state index is 0.616. The Bertz CT molecular complexity index is 249. The molecular formula is C14H29N3S. The van der Waals surface area contributed by atoms with Crippen LogP contribution in [0.3, 0.4) is 0 Å². The maximum Gasteiger partial charge on any atom is 0.0223 e. The van der Waals surface area contributed by atoms with Crippen molar-refractivity contribution in [2.24, 2.45) is 5.73 Å². The number of hydrogen-bond donors (Lipinski definition) is 1. The van der Waals surface area contributed by atoms with E-state index in [1.165, 1.54) is 50.9 Å². The van der Waals surface area contributed by atoms with Crippen molar-refractivity contribution in [2.45, 2.75) is 50.2 Å². The lowest BCUT2D eigenvalue weighted by molar-refractivity contribution is 0.167. The Morgan fingerprint density at radius 2 is 2.06 bits per heavy atom. The Balaban J connectivity index is 1.87. The van der Waals surface area contributed by atoms with Crippen LogP contribution in [0.2, 0.25) is 0 Å². The number of likely N-dealkylation sites (tertiary alicyclic amines) is 1. The summed E-state index contributed by atoms with van der Waals surface area (Å²) in [6, 6.07) is 2.24. The molecule has 0 saturated carbocycles. The molecule has 2 aliphatic heterocycles. The number of hydrogen-bond acceptors (Lipinski definition) is 4. The van der Waals surface area contributed by atoms with Gasteiger partial charge < -0.3 is 5.73 Å². The van der Waals surface area contributed by atoms with Gasteiger partial charge in [-0.3, -0.25) is 9.80 Å². The van der Waals surface area contributed by atoms with Gasteiger partial charge in [-0.05, 0) is 51.2 Å². The molecule has 2 fully saturated rings. The average Bonchev–Trinajstić information content (AvgIpc) is 2.60. The Labute approximate surface area is 116 Å². The van der Waals surface area contributed by atoms with Crippen LogP contribution in [0.1, 0.15) is 32.1 Å². The predicted molar refractivity (Wildman–Crippen MR) is 81.2 cm³/mol. The molecule has 0 aliphatic carbocycles. The van der Waals surface area contributed by atoms with Crippen LogP contribution in [-0.4, -0.2) is 66.6 Å². The van der Waals surface area contributed by atoms with E-state index in [9.17, 15) is 0 Å². The third-order valence-electron chi connectivity index (χ3n) is 4.85. The molecule has 2 saturated heterocycles. The molecule has 106 valence electrons. The number of fused-ring (bicyclic) bond motifs is 2. The second kappa shape index (κ2) is 7.13. The van der Waals surface area contributed by atoms with Crippen molar-refractivity contribution in [3.8, 4) is 0 Å². The highest BCUT2D eigenvalue weighted by molar-refractivity contribution is 7.98. The summed E-state index contributed by atoms with van der Waals surface area (Å²) in [6.07, 6.45) is 8.92. The molecule has 18 heavy (non-hydrogen) atoms. The van der Waals surface area contributed by atoms with E-state index in [4.69, 9.17) is 5.73 Å². The van der Waals surface area contributed by atoms with E-state index < -0.39 is 0 Å². The molecule has 4 heteroatoms. The summed E-state index contributed by atoms with van der Waals surface area (Å²) in [7, 11) is 2.32. The molecule has 0 amide bonds. The van der Waals surface area contributed by atoms with Gasteiger partial charge in [0.1, 0.15) is 0 Å². The first-order valence-electron chi connectivity index (χ1n) is 7.41. The number of nitrogens with zero attached hydrogens (tertiary/aromatic N) is 2. The molecule has 2 rings (SSSR count). The van der Waals surface area contributed by atoms with Crippen molar-refractivity contribution in [2.75, 3.05) is 38.7 Å². The molecule has 2 N–H and O–H groups in total. The van der Waals surface area contributed by atoms with E-state index in [1.807, 2.05) is 11.8 Å². The summed E-state index contributed by atoms with van der Waals surface area (Å²) in [4.78, 5) is 5.30. The van der Waals surface area contributed by atoms with Gasteiger partial charge in [-0.2, -0.15) is 11.8 Å². The van der Waals surface area contributed by atoms with Gasteiger partial charge in [0.25, 0.3) is 0 Å². The van der Waals surface area contributed by atoms with Crippen LogP contribution in [0.25, 0.3) is 0 Å². The maximum absolute atomic E-state index is 6.01. The zero-order chi connectivity index (χ0) is 13.0. The number of likely N-dealkylation sites (N-methyl/N-ethyl adjacent to an activating group) is 1. The zero-order valence-electron chi connectivity index (χ0n) is 12.0.